The van der Waals surface area contributed by atoms with Crippen LogP contribution in [0.2, 0.25) is 5.15 Å². The van der Waals surface area contributed by atoms with E-state index in [1.807, 2.05) is 11.0 Å². The van der Waals surface area contributed by atoms with Gasteiger partial charge in [-0.2, -0.15) is 4.98 Å². The first-order valence-electron chi connectivity index (χ1n) is 12.6. The van der Waals surface area contributed by atoms with Gasteiger partial charge < -0.3 is 24.2 Å². The third kappa shape index (κ3) is 5.78. The van der Waals surface area contributed by atoms with Crippen molar-refractivity contribution in [1.29, 1.82) is 0 Å². The van der Waals surface area contributed by atoms with Crippen LogP contribution in [0.4, 0.5) is 22.0 Å². The molecular weight excluding hydrogens is 593 g/mol. The number of carbonyl (C=O) groups is 1. The summed E-state index contributed by atoms with van der Waals surface area (Å²) in [5.74, 6) is 0.971. The van der Waals surface area contributed by atoms with Gasteiger partial charge in [0.2, 0.25) is 5.95 Å². The molecule has 39 heavy (non-hydrogen) atoms. The largest absolute Gasteiger partial charge is 0.464 e. The smallest absolute Gasteiger partial charge is 0.359 e. The van der Waals surface area contributed by atoms with Gasteiger partial charge in [-0.15, -0.1) is 0 Å². The minimum Gasteiger partial charge on any atom is -0.464 e. The van der Waals surface area contributed by atoms with Crippen molar-refractivity contribution in [1.82, 2.24) is 19.9 Å². The standard InChI is InChI=1S/C26H28BrClFN7O3/c1-15-13-34(24-23(28)32-21(22(27)33-24)25(37)38-3)8-9-35(15)20-12-19(17-4-6-18(29)7-5-17)30-26(31-20)36-10-11-39-14-16(36)2/h4-7,12,15-16H,8-11,13-14H2,1-3H3/t15-,16?/m1/s1. The molecular formula is C26H28BrClFN7O3. The number of piperazine rings is 1. The van der Waals surface area contributed by atoms with E-state index < -0.39 is 5.97 Å². The van der Waals surface area contributed by atoms with Gasteiger partial charge in [0.1, 0.15) is 16.2 Å². The first-order valence-corrected chi connectivity index (χ1v) is 13.7. The number of anilines is 3. The molecule has 5 rings (SSSR count). The van der Waals surface area contributed by atoms with E-state index in [-0.39, 0.29) is 33.4 Å². The first-order chi connectivity index (χ1) is 18.7. The Labute approximate surface area is 239 Å². The molecule has 4 heterocycles. The summed E-state index contributed by atoms with van der Waals surface area (Å²) in [5.41, 5.74) is 1.56. The van der Waals surface area contributed by atoms with E-state index >= 15 is 0 Å². The minimum atomic E-state index is -0.618. The molecule has 3 aromatic rings. The Kier molecular flexibility index (Phi) is 8.15. The van der Waals surface area contributed by atoms with Gasteiger partial charge in [-0.05, 0) is 54.0 Å². The number of nitrogens with zero attached hydrogens (tertiary/aromatic N) is 7. The lowest BCUT2D eigenvalue weighted by atomic mass is 10.1. The number of benzene rings is 1. The molecule has 2 saturated heterocycles. The Bertz CT molecular complexity index is 1370. The molecule has 1 aromatic carbocycles. The van der Waals surface area contributed by atoms with Crippen molar-refractivity contribution in [3.8, 4) is 11.3 Å². The zero-order valence-corrected chi connectivity index (χ0v) is 24.1. The van der Waals surface area contributed by atoms with Crippen LogP contribution in [-0.2, 0) is 9.47 Å². The normalized spacial score (nSPS) is 19.8. The number of morpholine rings is 1. The monoisotopic (exact) mass is 619 g/mol. The maximum absolute atomic E-state index is 13.6. The van der Waals surface area contributed by atoms with Gasteiger partial charge in [-0.1, -0.05) is 11.6 Å². The Morgan fingerprint density at radius 2 is 1.85 bits per heavy atom. The number of hydrogen-bond donors (Lipinski definition) is 0. The predicted molar refractivity (Wildman–Crippen MR) is 150 cm³/mol. The van der Waals surface area contributed by atoms with Gasteiger partial charge in [0.25, 0.3) is 0 Å². The topological polar surface area (TPSA) is 96.8 Å². The molecule has 0 aliphatic carbocycles. The van der Waals surface area contributed by atoms with Crippen molar-refractivity contribution < 1.29 is 18.7 Å². The Hall–Kier alpha value is -3.09. The van der Waals surface area contributed by atoms with Crippen molar-refractivity contribution in [2.45, 2.75) is 25.9 Å². The predicted octanol–water partition coefficient (Wildman–Crippen LogP) is 4.22. The fraction of sp³-hybridized carbons (Fsp3) is 0.423. The lowest BCUT2D eigenvalue weighted by molar-refractivity contribution is 0.0592. The maximum Gasteiger partial charge on any atom is 0.359 e. The second-order valence-corrected chi connectivity index (χ2v) is 10.6. The highest BCUT2D eigenvalue weighted by atomic mass is 79.9. The third-order valence-electron chi connectivity index (χ3n) is 6.86. The fourth-order valence-corrected chi connectivity index (χ4v) is 5.46. The van der Waals surface area contributed by atoms with Crippen LogP contribution < -0.4 is 14.7 Å². The molecule has 206 valence electrons. The van der Waals surface area contributed by atoms with Crippen molar-refractivity contribution in [2.24, 2.45) is 0 Å². The van der Waals surface area contributed by atoms with Crippen LogP contribution in [0.1, 0.15) is 24.3 Å². The Balaban J connectivity index is 1.44. The number of hydrogen-bond acceptors (Lipinski definition) is 10. The van der Waals surface area contributed by atoms with Crippen LogP contribution in [0.15, 0.2) is 34.9 Å². The number of halogens is 3. The zero-order valence-electron chi connectivity index (χ0n) is 21.8. The van der Waals surface area contributed by atoms with Gasteiger partial charge in [0.15, 0.2) is 16.7 Å². The number of rotatable bonds is 5. The third-order valence-corrected chi connectivity index (χ3v) is 7.67. The molecule has 0 bridgehead atoms. The van der Waals surface area contributed by atoms with Crippen LogP contribution in [0.3, 0.4) is 0 Å². The molecule has 0 N–H and O–H groups in total. The van der Waals surface area contributed by atoms with E-state index in [4.69, 9.17) is 31.0 Å². The lowest BCUT2D eigenvalue weighted by Crippen LogP contribution is -2.53. The Morgan fingerprint density at radius 3 is 2.54 bits per heavy atom. The van der Waals surface area contributed by atoms with Crippen LogP contribution in [-0.4, -0.2) is 84.5 Å². The lowest BCUT2D eigenvalue weighted by Gasteiger charge is -2.41. The second-order valence-electron chi connectivity index (χ2n) is 9.49. The number of carbonyl (C=O) groups excluding carboxylic acids is 1. The summed E-state index contributed by atoms with van der Waals surface area (Å²) < 4.78 is 24.3. The first kappa shape index (κ1) is 27.5. The van der Waals surface area contributed by atoms with E-state index in [0.717, 1.165) is 17.1 Å². The van der Waals surface area contributed by atoms with Crippen molar-refractivity contribution in [2.75, 3.05) is 61.2 Å². The van der Waals surface area contributed by atoms with Crippen molar-refractivity contribution in [3.63, 3.8) is 0 Å². The molecule has 2 fully saturated rings. The molecule has 2 aliphatic rings. The molecule has 2 aliphatic heterocycles. The van der Waals surface area contributed by atoms with Crippen LogP contribution >= 0.6 is 27.5 Å². The average molecular weight is 621 g/mol. The highest BCUT2D eigenvalue weighted by Crippen LogP contribution is 2.32. The maximum atomic E-state index is 13.6. The van der Waals surface area contributed by atoms with Gasteiger partial charge in [0.05, 0.1) is 32.1 Å². The highest BCUT2D eigenvalue weighted by molar-refractivity contribution is 9.10. The summed E-state index contributed by atoms with van der Waals surface area (Å²) in [4.78, 5) is 36.9. The summed E-state index contributed by atoms with van der Waals surface area (Å²) in [7, 11) is 1.28. The molecule has 2 atom stereocenters. The molecule has 2 aromatic heterocycles. The SMILES string of the molecule is COC(=O)c1nc(Cl)c(N2CCN(c3cc(-c4ccc(F)cc4)nc(N4CCOCC4C)n3)[C@H](C)C2)nc1Br. The van der Waals surface area contributed by atoms with Crippen LogP contribution in [0, 0.1) is 5.82 Å². The van der Waals surface area contributed by atoms with Crippen molar-refractivity contribution >= 4 is 51.1 Å². The molecule has 0 saturated carbocycles. The number of aromatic nitrogens is 4. The summed E-state index contributed by atoms with van der Waals surface area (Å²) >= 11 is 9.75. The van der Waals surface area contributed by atoms with E-state index in [9.17, 15) is 9.18 Å². The quantitative estimate of drug-likeness (QED) is 0.386. The second kappa shape index (κ2) is 11.6. The summed E-state index contributed by atoms with van der Waals surface area (Å²) in [5, 5.41) is 0.128. The highest BCUT2D eigenvalue weighted by Gasteiger charge is 2.30. The van der Waals surface area contributed by atoms with Crippen LogP contribution in [0.5, 0.6) is 0 Å². The van der Waals surface area contributed by atoms with Gasteiger partial charge in [-0.3, -0.25) is 0 Å². The van der Waals surface area contributed by atoms with Crippen molar-refractivity contribution in [3.05, 3.63) is 51.6 Å². The van der Waals surface area contributed by atoms with E-state index in [0.29, 0.717) is 51.2 Å². The molecule has 0 spiro atoms. The van der Waals surface area contributed by atoms with E-state index in [1.54, 1.807) is 12.1 Å². The zero-order chi connectivity index (χ0) is 27.7. The molecule has 13 heteroatoms. The van der Waals surface area contributed by atoms with Gasteiger partial charge in [-0.25, -0.2) is 24.1 Å². The average Bonchev–Trinajstić information content (AvgIpc) is 2.94. The number of ether oxygens (including phenoxy) is 2. The van der Waals surface area contributed by atoms with Gasteiger partial charge in [0, 0.05) is 43.9 Å². The van der Waals surface area contributed by atoms with Gasteiger partial charge >= 0.3 is 5.97 Å². The molecule has 0 amide bonds. The summed E-state index contributed by atoms with van der Waals surface area (Å²) in [6, 6.07) is 8.42. The van der Waals surface area contributed by atoms with E-state index in [2.05, 4.69) is 49.5 Å². The van der Waals surface area contributed by atoms with Crippen LogP contribution in [0.25, 0.3) is 11.3 Å². The molecule has 1 unspecified atom stereocenters. The number of methoxy groups -OCH3 is 1. The molecule has 10 nitrogen and oxygen atoms in total. The summed E-state index contributed by atoms with van der Waals surface area (Å²) in [6.45, 7) is 7.90. The fourth-order valence-electron chi connectivity index (χ4n) is 4.79. The Morgan fingerprint density at radius 1 is 1.08 bits per heavy atom. The minimum absolute atomic E-state index is 0.0251. The number of esters is 1. The summed E-state index contributed by atoms with van der Waals surface area (Å²) in [6.07, 6.45) is 0. The molecule has 0 radical (unpaired) electrons. The van der Waals surface area contributed by atoms with E-state index in [1.165, 1.54) is 19.2 Å².